The van der Waals surface area contributed by atoms with Gasteiger partial charge in [0.15, 0.2) is 0 Å². The number of amides is 1. The number of fused-ring (bicyclic) bond motifs is 1. The Hall–Kier alpha value is -3.02. The van der Waals surface area contributed by atoms with E-state index in [4.69, 9.17) is 0 Å². The van der Waals surface area contributed by atoms with Gasteiger partial charge in [0, 0.05) is 37.5 Å². The first kappa shape index (κ1) is 18.8. The number of aromatic nitrogens is 2. The minimum absolute atomic E-state index is 0.0187. The minimum atomic E-state index is -0.395. The van der Waals surface area contributed by atoms with Gasteiger partial charge >= 0.3 is 0 Å². The van der Waals surface area contributed by atoms with Crippen LogP contribution in [0.5, 0.6) is 0 Å². The zero-order chi connectivity index (χ0) is 19.2. The molecule has 0 aliphatic carbocycles. The standard InChI is InChI=1S/C21H22FN3O2/c1-2-25(12-9-15-7-10-23-11-8-15)20(26)6-4-17-13-16-3-5-18(22)14-19(16)24-21(17)27/h3,5,7-8,10-11,13-14H,2,4,6,9,12H2,1H3,(H,24,27). The van der Waals surface area contributed by atoms with Crippen molar-refractivity contribution in [3.63, 3.8) is 0 Å². The number of pyridine rings is 2. The molecule has 2 heterocycles. The average molecular weight is 367 g/mol. The average Bonchev–Trinajstić information content (AvgIpc) is 2.67. The molecule has 27 heavy (non-hydrogen) atoms. The number of rotatable bonds is 7. The fraction of sp³-hybridized carbons (Fsp3) is 0.286. The Labute approximate surface area is 156 Å². The Balaban J connectivity index is 1.63. The largest absolute Gasteiger partial charge is 0.343 e. The summed E-state index contributed by atoms with van der Waals surface area (Å²) in [6, 6.07) is 9.88. The Morgan fingerprint density at radius 3 is 2.67 bits per heavy atom. The summed E-state index contributed by atoms with van der Waals surface area (Å²) in [5, 5.41) is 0.753. The number of likely N-dealkylation sites (N-methyl/N-ethyl adjacent to an activating group) is 1. The molecule has 0 saturated heterocycles. The number of H-pyrrole nitrogens is 1. The van der Waals surface area contributed by atoms with E-state index in [0.29, 0.717) is 30.6 Å². The monoisotopic (exact) mass is 367 g/mol. The van der Waals surface area contributed by atoms with Crippen LogP contribution in [0.1, 0.15) is 24.5 Å². The third kappa shape index (κ3) is 4.78. The molecule has 0 spiro atoms. The molecule has 0 fully saturated rings. The molecular formula is C21H22FN3O2. The molecule has 0 saturated carbocycles. The first-order chi connectivity index (χ1) is 13.1. The topological polar surface area (TPSA) is 66.1 Å². The second kappa shape index (κ2) is 8.58. The van der Waals surface area contributed by atoms with Gasteiger partial charge in [-0.15, -0.1) is 0 Å². The molecule has 0 aliphatic rings. The third-order valence-corrected chi connectivity index (χ3v) is 4.65. The third-order valence-electron chi connectivity index (χ3n) is 4.65. The van der Waals surface area contributed by atoms with Crippen LogP contribution in [0.3, 0.4) is 0 Å². The van der Waals surface area contributed by atoms with E-state index < -0.39 is 5.82 Å². The van der Waals surface area contributed by atoms with Crippen LogP contribution in [0, 0.1) is 5.82 Å². The normalized spacial score (nSPS) is 10.9. The van der Waals surface area contributed by atoms with Crippen molar-refractivity contribution in [1.29, 1.82) is 0 Å². The van der Waals surface area contributed by atoms with Gasteiger partial charge in [0.1, 0.15) is 5.82 Å². The Morgan fingerprint density at radius 1 is 1.15 bits per heavy atom. The number of hydrogen-bond donors (Lipinski definition) is 1. The van der Waals surface area contributed by atoms with Crippen molar-refractivity contribution in [3.8, 4) is 0 Å². The molecule has 3 aromatic rings. The first-order valence-electron chi connectivity index (χ1n) is 9.05. The van der Waals surface area contributed by atoms with Crippen molar-refractivity contribution in [2.45, 2.75) is 26.2 Å². The van der Waals surface area contributed by atoms with E-state index in [1.54, 1.807) is 29.4 Å². The highest BCUT2D eigenvalue weighted by molar-refractivity contribution is 5.79. The molecule has 3 rings (SSSR count). The van der Waals surface area contributed by atoms with Crippen LogP contribution in [-0.4, -0.2) is 33.9 Å². The highest BCUT2D eigenvalue weighted by Crippen LogP contribution is 2.14. The van der Waals surface area contributed by atoms with E-state index in [-0.39, 0.29) is 17.9 Å². The molecule has 0 unspecified atom stereocenters. The highest BCUT2D eigenvalue weighted by atomic mass is 19.1. The number of aryl methyl sites for hydroxylation is 1. The summed E-state index contributed by atoms with van der Waals surface area (Å²) in [6.07, 6.45) is 4.87. The quantitative estimate of drug-likeness (QED) is 0.698. The van der Waals surface area contributed by atoms with Crippen molar-refractivity contribution in [1.82, 2.24) is 14.9 Å². The van der Waals surface area contributed by atoms with Crippen molar-refractivity contribution in [2.75, 3.05) is 13.1 Å². The molecule has 0 bridgehead atoms. The predicted octanol–water partition coefficient (Wildman–Crippen LogP) is 3.09. The predicted molar refractivity (Wildman–Crippen MR) is 103 cm³/mol. The number of benzene rings is 1. The smallest absolute Gasteiger partial charge is 0.251 e. The van der Waals surface area contributed by atoms with E-state index in [1.165, 1.54) is 12.1 Å². The van der Waals surface area contributed by atoms with E-state index >= 15 is 0 Å². The van der Waals surface area contributed by atoms with Crippen LogP contribution in [0.2, 0.25) is 0 Å². The molecule has 0 atom stereocenters. The van der Waals surface area contributed by atoms with Gasteiger partial charge in [0.2, 0.25) is 5.91 Å². The molecule has 0 radical (unpaired) electrons. The number of aromatic amines is 1. The summed E-state index contributed by atoms with van der Waals surface area (Å²) >= 11 is 0. The zero-order valence-electron chi connectivity index (χ0n) is 15.2. The van der Waals surface area contributed by atoms with Gasteiger partial charge in [-0.1, -0.05) is 0 Å². The van der Waals surface area contributed by atoms with Gasteiger partial charge in [-0.05, 0) is 67.1 Å². The number of carbonyl (C=O) groups excluding carboxylic acids is 1. The fourth-order valence-corrected chi connectivity index (χ4v) is 3.08. The van der Waals surface area contributed by atoms with Crippen LogP contribution in [-0.2, 0) is 17.6 Å². The number of carbonyl (C=O) groups is 1. The summed E-state index contributed by atoms with van der Waals surface area (Å²) in [4.78, 5) is 33.2. The van der Waals surface area contributed by atoms with Gasteiger partial charge in [-0.2, -0.15) is 0 Å². The zero-order valence-corrected chi connectivity index (χ0v) is 15.2. The second-order valence-electron chi connectivity index (χ2n) is 6.43. The van der Waals surface area contributed by atoms with Crippen LogP contribution in [0.25, 0.3) is 10.9 Å². The maximum Gasteiger partial charge on any atom is 0.251 e. The summed E-state index contributed by atoms with van der Waals surface area (Å²) < 4.78 is 13.3. The van der Waals surface area contributed by atoms with Crippen LogP contribution in [0.4, 0.5) is 4.39 Å². The van der Waals surface area contributed by atoms with E-state index in [9.17, 15) is 14.0 Å². The van der Waals surface area contributed by atoms with Gasteiger partial charge < -0.3 is 9.88 Å². The lowest BCUT2D eigenvalue weighted by Crippen LogP contribution is -2.33. The lowest BCUT2D eigenvalue weighted by Gasteiger charge is -2.21. The molecule has 1 N–H and O–H groups in total. The summed E-state index contributed by atoms with van der Waals surface area (Å²) in [6.45, 7) is 3.20. The minimum Gasteiger partial charge on any atom is -0.343 e. The number of hydrogen-bond acceptors (Lipinski definition) is 3. The van der Waals surface area contributed by atoms with Crippen molar-refractivity contribution in [2.24, 2.45) is 0 Å². The molecule has 6 heteroatoms. The number of halogens is 1. The van der Waals surface area contributed by atoms with Crippen molar-refractivity contribution >= 4 is 16.8 Å². The molecular weight excluding hydrogens is 345 g/mol. The molecule has 140 valence electrons. The molecule has 1 amide bonds. The molecule has 2 aromatic heterocycles. The maximum atomic E-state index is 13.3. The van der Waals surface area contributed by atoms with E-state index in [1.807, 2.05) is 19.1 Å². The SMILES string of the molecule is CCN(CCc1ccncc1)C(=O)CCc1cc2ccc(F)cc2[nH]c1=O. The van der Waals surface area contributed by atoms with Crippen molar-refractivity contribution in [3.05, 3.63) is 76.1 Å². The summed E-state index contributed by atoms with van der Waals surface area (Å²) in [5.41, 5.74) is 1.85. The van der Waals surface area contributed by atoms with Crippen LogP contribution < -0.4 is 5.56 Å². The summed E-state index contributed by atoms with van der Waals surface area (Å²) in [5.74, 6) is -0.376. The number of nitrogens with zero attached hydrogens (tertiary/aromatic N) is 2. The fourth-order valence-electron chi connectivity index (χ4n) is 3.08. The maximum absolute atomic E-state index is 13.3. The van der Waals surface area contributed by atoms with E-state index in [2.05, 4.69) is 9.97 Å². The Bertz CT molecular complexity index is 986. The Morgan fingerprint density at radius 2 is 1.93 bits per heavy atom. The molecule has 1 aromatic carbocycles. The van der Waals surface area contributed by atoms with Crippen LogP contribution >= 0.6 is 0 Å². The lowest BCUT2D eigenvalue weighted by molar-refractivity contribution is -0.130. The first-order valence-corrected chi connectivity index (χ1v) is 9.05. The molecule has 0 aliphatic heterocycles. The van der Waals surface area contributed by atoms with Crippen LogP contribution in [0.15, 0.2) is 53.6 Å². The van der Waals surface area contributed by atoms with Gasteiger partial charge in [-0.25, -0.2) is 4.39 Å². The van der Waals surface area contributed by atoms with E-state index in [0.717, 1.165) is 17.4 Å². The van der Waals surface area contributed by atoms with Gasteiger partial charge in [0.05, 0.1) is 5.52 Å². The second-order valence-corrected chi connectivity index (χ2v) is 6.43. The number of nitrogens with one attached hydrogen (secondary N) is 1. The molecule has 5 nitrogen and oxygen atoms in total. The lowest BCUT2D eigenvalue weighted by atomic mass is 10.1. The Kier molecular flexibility index (Phi) is 5.96. The van der Waals surface area contributed by atoms with Gasteiger partial charge in [0.25, 0.3) is 5.56 Å². The highest BCUT2D eigenvalue weighted by Gasteiger charge is 2.13. The van der Waals surface area contributed by atoms with Crippen molar-refractivity contribution < 1.29 is 9.18 Å². The summed E-state index contributed by atoms with van der Waals surface area (Å²) in [7, 11) is 0. The van der Waals surface area contributed by atoms with Gasteiger partial charge in [-0.3, -0.25) is 14.6 Å².